The van der Waals surface area contributed by atoms with Crippen LogP contribution in [0.15, 0.2) is 46.5 Å². The number of carbonyl (C=O) groups excluding carboxylic acids is 2. The number of likely N-dealkylation sites (N-methyl/N-ethyl adjacent to an activating group) is 1. The van der Waals surface area contributed by atoms with Gasteiger partial charge in [0.25, 0.3) is 15.9 Å². The highest BCUT2D eigenvalue weighted by atomic mass is 35.5. The second-order valence-corrected chi connectivity index (χ2v) is 8.56. The van der Waals surface area contributed by atoms with Crippen LogP contribution in [0.1, 0.15) is 0 Å². The number of rotatable bonds is 5. The molecule has 0 bridgehead atoms. The molecular formula is C18H19ClN4O5S. The summed E-state index contributed by atoms with van der Waals surface area (Å²) >= 11 is 5.95. The zero-order valence-corrected chi connectivity index (χ0v) is 17.3. The number of nitrogens with one attached hydrogen (secondary N) is 1. The predicted octanol–water partition coefficient (Wildman–Crippen LogP) is 1.24. The summed E-state index contributed by atoms with van der Waals surface area (Å²) in [6.07, 6.45) is 4.77. The first kappa shape index (κ1) is 20.9. The molecule has 0 radical (unpaired) electrons. The van der Waals surface area contributed by atoms with Crippen LogP contribution in [0.3, 0.4) is 0 Å². The zero-order chi connectivity index (χ0) is 21.2. The van der Waals surface area contributed by atoms with Crippen LogP contribution in [-0.2, 0) is 19.6 Å². The minimum Gasteiger partial charge on any atom is -0.495 e. The highest BCUT2D eigenvalue weighted by Gasteiger charge is 2.31. The van der Waals surface area contributed by atoms with Gasteiger partial charge in [-0.25, -0.2) is 8.42 Å². The van der Waals surface area contributed by atoms with Gasteiger partial charge in [-0.3, -0.25) is 9.59 Å². The van der Waals surface area contributed by atoms with Crippen LogP contribution < -0.4 is 10.1 Å². The molecule has 2 aliphatic rings. The van der Waals surface area contributed by atoms with Crippen molar-refractivity contribution in [2.24, 2.45) is 4.40 Å². The Labute approximate surface area is 173 Å². The van der Waals surface area contributed by atoms with Gasteiger partial charge in [0.15, 0.2) is 5.84 Å². The molecule has 0 aliphatic carbocycles. The lowest BCUT2D eigenvalue weighted by atomic mass is 10.1. The van der Waals surface area contributed by atoms with Crippen LogP contribution >= 0.6 is 11.6 Å². The number of amides is 2. The molecule has 2 heterocycles. The number of anilines is 1. The maximum Gasteiger partial charge on any atom is 0.257 e. The van der Waals surface area contributed by atoms with Gasteiger partial charge in [0.2, 0.25) is 5.91 Å². The molecule has 0 unspecified atom stereocenters. The fourth-order valence-corrected chi connectivity index (χ4v) is 4.00. The average Bonchev–Trinajstić information content (AvgIpc) is 2.66. The Balaban J connectivity index is 1.73. The van der Waals surface area contributed by atoms with Crippen LogP contribution in [0.5, 0.6) is 5.75 Å². The van der Waals surface area contributed by atoms with Crippen LogP contribution in [-0.4, -0.2) is 68.9 Å². The largest absolute Gasteiger partial charge is 0.495 e. The lowest BCUT2D eigenvalue weighted by molar-refractivity contribution is -0.129. The molecule has 1 aromatic carbocycles. The number of fused-ring (bicyclic) bond motifs is 1. The number of methoxy groups -OCH3 is 1. The van der Waals surface area contributed by atoms with E-state index in [0.29, 0.717) is 16.5 Å². The van der Waals surface area contributed by atoms with Crippen LogP contribution in [0.4, 0.5) is 5.69 Å². The highest BCUT2D eigenvalue weighted by Crippen LogP contribution is 2.27. The van der Waals surface area contributed by atoms with Gasteiger partial charge in [0.1, 0.15) is 5.75 Å². The summed E-state index contributed by atoms with van der Waals surface area (Å²) < 4.78 is 32.6. The van der Waals surface area contributed by atoms with Gasteiger partial charge in [0, 0.05) is 24.8 Å². The van der Waals surface area contributed by atoms with Gasteiger partial charge in [-0.05, 0) is 30.4 Å². The SMILES string of the molecule is COc1ccc(Cl)cc1NC(=O)CN(C)C(=O)C1=CC=CN2CCS(=O)(=O)N=C12. The van der Waals surface area contributed by atoms with Crippen LogP contribution in [0.25, 0.3) is 0 Å². The summed E-state index contributed by atoms with van der Waals surface area (Å²) in [4.78, 5) is 28.0. The van der Waals surface area contributed by atoms with Gasteiger partial charge in [-0.1, -0.05) is 11.6 Å². The standard InChI is InChI=1S/C18H19ClN4O5S/c1-22(11-16(24)20-14-10-12(19)5-6-15(14)28-2)18(25)13-4-3-7-23-8-9-29(26,27)21-17(13)23/h3-7,10H,8-9,11H2,1-2H3,(H,20,24). The Morgan fingerprint density at radius 2 is 2.14 bits per heavy atom. The van der Waals surface area contributed by atoms with E-state index in [1.54, 1.807) is 29.3 Å². The highest BCUT2D eigenvalue weighted by molar-refractivity contribution is 7.90. The minimum atomic E-state index is -3.63. The Morgan fingerprint density at radius 3 is 2.86 bits per heavy atom. The summed E-state index contributed by atoms with van der Waals surface area (Å²) in [7, 11) is -0.722. The fourth-order valence-electron chi connectivity index (χ4n) is 2.84. The fraction of sp³-hybridized carbons (Fsp3) is 0.278. The molecule has 0 saturated carbocycles. The Bertz CT molecular complexity index is 1050. The maximum atomic E-state index is 12.8. The molecule has 1 N–H and O–H groups in total. The van der Waals surface area contributed by atoms with Crippen LogP contribution in [0, 0.1) is 0 Å². The number of hydrogen-bond acceptors (Lipinski definition) is 6. The number of amidine groups is 1. The van der Waals surface area contributed by atoms with Crippen molar-refractivity contribution in [1.29, 1.82) is 0 Å². The molecule has 2 aliphatic heterocycles. The van der Waals surface area contributed by atoms with E-state index in [0.717, 1.165) is 0 Å². The third-order valence-corrected chi connectivity index (χ3v) is 5.64. The predicted molar refractivity (Wildman–Crippen MR) is 109 cm³/mol. The number of allylic oxidation sites excluding steroid dienone is 2. The molecule has 0 spiro atoms. The molecule has 9 nitrogen and oxygen atoms in total. The average molecular weight is 439 g/mol. The van der Waals surface area contributed by atoms with E-state index in [1.807, 2.05) is 0 Å². The Kier molecular flexibility index (Phi) is 5.94. The Hall–Kier alpha value is -2.85. The smallest absolute Gasteiger partial charge is 0.257 e. The van der Waals surface area contributed by atoms with E-state index in [1.165, 1.54) is 31.2 Å². The van der Waals surface area contributed by atoms with Crippen molar-refractivity contribution >= 4 is 45.0 Å². The molecule has 11 heteroatoms. The topological polar surface area (TPSA) is 108 Å². The summed E-state index contributed by atoms with van der Waals surface area (Å²) in [5.41, 5.74) is 0.478. The Morgan fingerprint density at radius 1 is 1.38 bits per heavy atom. The summed E-state index contributed by atoms with van der Waals surface area (Å²) in [6, 6.07) is 4.77. The number of sulfonamides is 1. The molecule has 3 rings (SSSR count). The number of halogens is 1. The summed E-state index contributed by atoms with van der Waals surface area (Å²) in [5.74, 6) is -0.629. The summed E-state index contributed by atoms with van der Waals surface area (Å²) in [6.45, 7) is -0.0589. The first-order chi connectivity index (χ1) is 13.7. The van der Waals surface area contributed by atoms with Gasteiger partial charge in [-0.15, -0.1) is 4.40 Å². The van der Waals surface area contributed by atoms with Crippen molar-refractivity contribution in [3.63, 3.8) is 0 Å². The molecule has 0 saturated heterocycles. The van der Waals surface area contributed by atoms with E-state index < -0.39 is 21.8 Å². The molecule has 0 atom stereocenters. The molecule has 0 fully saturated rings. The monoisotopic (exact) mass is 438 g/mol. The van der Waals surface area contributed by atoms with Crippen molar-refractivity contribution in [3.05, 3.63) is 47.1 Å². The van der Waals surface area contributed by atoms with Crippen LogP contribution in [0.2, 0.25) is 5.02 Å². The number of ether oxygens (including phenoxy) is 1. The second-order valence-electron chi connectivity index (χ2n) is 6.37. The van der Waals surface area contributed by atoms with Gasteiger partial charge in [-0.2, -0.15) is 0 Å². The van der Waals surface area contributed by atoms with E-state index in [-0.39, 0.29) is 30.3 Å². The molecular weight excluding hydrogens is 420 g/mol. The normalized spacial score (nSPS) is 17.0. The van der Waals surface area contributed by atoms with Crippen molar-refractivity contribution in [1.82, 2.24) is 9.80 Å². The van der Waals surface area contributed by atoms with Crippen molar-refractivity contribution in [2.75, 3.05) is 38.3 Å². The molecule has 154 valence electrons. The third kappa shape index (κ3) is 4.77. The first-order valence-electron chi connectivity index (χ1n) is 8.57. The third-order valence-electron chi connectivity index (χ3n) is 4.25. The van der Waals surface area contributed by atoms with Crippen molar-refractivity contribution < 1.29 is 22.7 Å². The van der Waals surface area contributed by atoms with E-state index in [2.05, 4.69) is 9.71 Å². The van der Waals surface area contributed by atoms with E-state index >= 15 is 0 Å². The quantitative estimate of drug-likeness (QED) is 0.741. The lowest BCUT2D eigenvalue weighted by Gasteiger charge is -2.30. The summed E-state index contributed by atoms with van der Waals surface area (Å²) in [5, 5.41) is 3.07. The minimum absolute atomic E-state index is 0.0625. The van der Waals surface area contributed by atoms with Gasteiger partial charge >= 0.3 is 0 Å². The first-order valence-corrected chi connectivity index (χ1v) is 10.6. The molecule has 2 amide bonds. The number of benzene rings is 1. The van der Waals surface area contributed by atoms with Crippen molar-refractivity contribution in [3.8, 4) is 5.75 Å². The number of hydrogen-bond donors (Lipinski definition) is 1. The molecule has 1 aromatic rings. The number of carbonyl (C=O) groups is 2. The van der Waals surface area contributed by atoms with Gasteiger partial charge in [0.05, 0.1) is 30.7 Å². The van der Waals surface area contributed by atoms with E-state index in [4.69, 9.17) is 16.3 Å². The molecule has 29 heavy (non-hydrogen) atoms. The second kappa shape index (κ2) is 8.26. The van der Waals surface area contributed by atoms with E-state index in [9.17, 15) is 18.0 Å². The maximum absolute atomic E-state index is 12.8. The zero-order valence-electron chi connectivity index (χ0n) is 15.8. The number of nitrogens with zero attached hydrogens (tertiary/aromatic N) is 3. The van der Waals surface area contributed by atoms with Gasteiger partial charge < -0.3 is 19.9 Å². The molecule has 0 aromatic heterocycles. The van der Waals surface area contributed by atoms with Crippen molar-refractivity contribution in [2.45, 2.75) is 0 Å². The lowest BCUT2D eigenvalue weighted by Crippen LogP contribution is -2.44.